The van der Waals surface area contributed by atoms with E-state index in [2.05, 4.69) is 31.9 Å². The molecule has 0 unspecified atom stereocenters. The second-order valence-electron chi connectivity index (χ2n) is 2.70. The van der Waals surface area contributed by atoms with E-state index in [9.17, 15) is 15.0 Å². The molecule has 1 aromatic carbocycles. The fraction of sp³-hybridized carbons (Fsp3) is 0.222. The number of hydrogen-bond acceptors (Lipinski definition) is 4. The molecule has 0 aliphatic rings. The summed E-state index contributed by atoms with van der Waals surface area (Å²) in [4.78, 5) is 11.0. The van der Waals surface area contributed by atoms with E-state index >= 15 is 0 Å². The number of phenolic OH excluding ortho intramolecular Hbond substituents is 2. The molecule has 0 heterocycles. The molecule has 0 aliphatic heterocycles. The van der Waals surface area contributed by atoms with Gasteiger partial charge in [-0.25, -0.2) is 0 Å². The van der Waals surface area contributed by atoms with Gasteiger partial charge in [-0.1, -0.05) is 6.92 Å². The number of esters is 1. The molecule has 0 aromatic heterocycles. The van der Waals surface area contributed by atoms with E-state index in [1.165, 1.54) is 6.07 Å². The predicted molar refractivity (Wildman–Crippen MR) is 61.1 cm³/mol. The maximum absolute atomic E-state index is 11.0. The van der Waals surface area contributed by atoms with Crippen molar-refractivity contribution in [3.63, 3.8) is 0 Å². The van der Waals surface area contributed by atoms with E-state index in [0.29, 0.717) is 4.47 Å². The van der Waals surface area contributed by atoms with Crippen LogP contribution >= 0.6 is 31.9 Å². The van der Waals surface area contributed by atoms with Crippen LogP contribution in [-0.4, -0.2) is 16.2 Å². The van der Waals surface area contributed by atoms with Gasteiger partial charge in [0.25, 0.3) is 0 Å². The van der Waals surface area contributed by atoms with Crippen LogP contribution in [0.3, 0.4) is 0 Å². The first-order valence-electron chi connectivity index (χ1n) is 4.08. The van der Waals surface area contributed by atoms with Gasteiger partial charge in [0, 0.05) is 12.5 Å². The molecule has 0 atom stereocenters. The normalized spacial score (nSPS) is 10.1. The van der Waals surface area contributed by atoms with Crippen LogP contribution < -0.4 is 4.74 Å². The summed E-state index contributed by atoms with van der Waals surface area (Å²) in [7, 11) is 0. The summed E-state index contributed by atoms with van der Waals surface area (Å²) in [6.07, 6.45) is 0.183. The first kappa shape index (κ1) is 12.3. The van der Waals surface area contributed by atoms with Gasteiger partial charge in [-0.2, -0.15) is 0 Å². The summed E-state index contributed by atoms with van der Waals surface area (Å²) in [5, 5.41) is 19.0. The molecular formula is C9H8Br2O4. The van der Waals surface area contributed by atoms with Gasteiger partial charge in [-0.15, -0.1) is 0 Å². The van der Waals surface area contributed by atoms with E-state index in [1.54, 1.807) is 6.92 Å². The van der Waals surface area contributed by atoms with Gasteiger partial charge in [0.1, 0.15) is 10.2 Å². The second kappa shape index (κ2) is 4.85. The highest BCUT2D eigenvalue weighted by atomic mass is 79.9. The van der Waals surface area contributed by atoms with E-state index in [1.807, 2.05) is 0 Å². The number of benzene rings is 1. The summed E-state index contributed by atoms with van der Waals surface area (Å²) in [6.45, 7) is 1.63. The van der Waals surface area contributed by atoms with Crippen molar-refractivity contribution >= 4 is 37.8 Å². The van der Waals surface area contributed by atoms with E-state index in [-0.39, 0.29) is 28.1 Å². The predicted octanol–water partition coefficient (Wildman–Crippen LogP) is 2.94. The molecule has 0 saturated carbocycles. The fourth-order valence-electron chi connectivity index (χ4n) is 0.862. The van der Waals surface area contributed by atoms with Gasteiger partial charge in [-0.3, -0.25) is 4.79 Å². The van der Waals surface area contributed by atoms with Crippen molar-refractivity contribution in [3.05, 3.63) is 15.0 Å². The topological polar surface area (TPSA) is 66.8 Å². The highest BCUT2D eigenvalue weighted by Gasteiger charge is 2.17. The van der Waals surface area contributed by atoms with Crippen LogP contribution in [0.25, 0.3) is 0 Å². The molecule has 1 rings (SSSR count). The Labute approximate surface area is 103 Å². The second-order valence-corrected chi connectivity index (χ2v) is 4.34. The van der Waals surface area contributed by atoms with Crippen LogP contribution in [-0.2, 0) is 4.79 Å². The van der Waals surface area contributed by atoms with Gasteiger partial charge >= 0.3 is 5.97 Å². The van der Waals surface area contributed by atoms with E-state index < -0.39 is 5.97 Å². The minimum atomic E-state index is -0.493. The van der Waals surface area contributed by atoms with Crippen LogP contribution in [0, 0.1) is 0 Å². The first-order valence-corrected chi connectivity index (χ1v) is 5.66. The van der Waals surface area contributed by atoms with Gasteiger partial charge in [0.05, 0.1) is 4.47 Å². The van der Waals surface area contributed by atoms with Crippen molar-refractivity contribution in [1.29, 1.82) is 0 Å². The standard InChI is InChI=1S/C9H8Br2O4/c1-2-6(13)15-9-5(12)3-4(10)8(14)7(9)11/h3,12,14H,2H2,1H3. The molecule has 0 saturated heterocycles. The number of phenols is 2. The van der Waals surface area contributed by atoms with Crippen LogP contribution in [0.5, 0.6) is 17.2 Å². The number of hydrogen-bond donors (Lipinski definition) is 2. The van der Waals surface area contributed by atoms with Crippen molar-refractivity contribution in [1.82, 2.24) is 0 Å². The molecule has 0 spiro atoms. The van der Waals surface area contributed by atoms with Gasteiger partial charge < -0.3 is 14.9 Å². The molecule has 15 heavy (non-hydrogen) atoms. The highest BCUT2D eigenvalue weighted by Crippen LogP contribution is 2.45. The Bertz CT molecular complexity index is 404. The maximum atomic E-state index is 11.0. The van der Waals surface area contributed by atoms with Crippen molar-refractivity contribution in [2.24, 2.45) is 0 Å². The lowest BCUT2D eigenvalue weighted by atomic mass is 10.3. The number of carbonyl (C=O) groups is 1. The van der Waals surface area contributed by atoms with E-state index in [0.717, 1.165) is 0 Å². The molecule has 0 bridgehead atoms. The summed E-state index contributed by atoms with van der Waals surface area (Å²) in [5.74, 6) is -0.935. The largest absolute Gasteiger partial charge is 0.505 e. The lowest BCUT2D eigenvalue weighted by Crippen LogP contribution is -2.06. The Morgan fingerprint density at radius 2 is 2.07 bits per heavy atom. The highest BCUT2D eigenvalue weighted by molar-refractivity contribution is 9.11. The molecule has 0 fully saturated rings. The van der Waals surface area contributed by atoms with Crippen LogP contribution in [0.15, 0.2) is 15.0 Å². The lowest BCUT2D eigenvalue weighted by Gasteiger charge is -2.09. The summed E-state index contributed by atoms with van der Waals surface area (Å²) >= 11 is 6.06. The van der Waals surface area contributed by atoms with E-state index in [4.69, 9.17) is 4.74 Å². The van der Waals surface area contributed by atoms with Crippen LogP contribution in [0.1, 0.15) is 13.3 Å². The molecule has 6 heteroatoms. The number of aromatic hydroxyl groups is 2. The zero-order valence-electron chi connectivity index (χ0n) is 7.75. The maximum Gasteiger partial charge on any atom is 0.311 e. The Hall–Kier alpha value is -0.750. The third-order valence-electron chi connectivity index (χ3n) is 1.63. The SMILES string of the molecule is CCC(=O)Oc1c(O)cc(Br)c(O)c1Br. The smallest absolute Gasteiger partial charge is 0.311 e. The summed E-state index contributed by atoms with van der Waals surface area (Å²) in [6, 6.07) is 1.25. The molecule has 2 N–H and O–H groups in total. The Balaban J connectivity index is 3.18. The van der Waals surface area contributed by atoms with Gasteiger partial charge in [-0.05, 0) is 31.9 Å². The van der Waals surface area contributed by atoms with Crippen LogP contribution in [0.2, 0.25) is 0 Å². The molecular weight excluding hydrogens is 332 g/mol. The van der Waals surface area contributed by atoms with Crippen LogP contribution in [0.4, 0.5) is 0 Å². The number of carbonyl (C=O) groups excluding carboxylic acids is 1. The molecule has 1 aromatic rings. The Morgan fingerprint density at radius 3 is 2.60 bits per heavy atom. The Morgan fingerprint density at radius 1 is 1.47 bits per heavy atom. The molecule has 0 radical (unpaired) electrons. The third-order valence-corrected chi connectivity index (χ3v) is 2.97. The fourth-order valence-corrected chi connectivity index (χ4v) is 2.04. The lowest BCUT2D eigenvalue weighted by molar-refractivity contribution is -0.134. The van der Waals surface area contributed by atoms with Crippen molar-refractivity contribution < 1.29 is 19.7 Å². The monoisotopic (exact) mass is 338 g/mol. The average Bonchev–Trinajstić information content (AvgIpc) is 2.21. The zero-order chi connectivity index (χ0) is 11.6. The Kier molecular flexibility index (Phi) is 3.98. The molecule has 0 amide bonds. The molecule has 0 aliphatic carbocycles. The molecule has 82 valence electrons. The average molecular weight is 340 g/mol. The third kappa shape index (κ3) is 2.63. The van der Waals surface area contributed by atoms with Gasteiger partial charge in [0.2, 0.25) is 0 Å². The summed E-state index contributed by atoms with van der Waals surface area (Å²) < 4.78 is 5.29. The number of ether oxygens (including phenoxy) is 1. The quantitative estimate of drug-likeness (QED) is 0.494. The number of rotatable bonds is 2. The van der Waals surface area contributed by atoms with Crippen molar-refractivity contribution in [2.45, 2.75) is 13.3 Å². The first-order chi connectivity index (χ1) is 6.97. The molecule has 4 nitrogen and oxygen atoms in total. The summed E-state index contributed by atoms with van der Waals surface area (Å²) in [5.41, 5.74) is 0. The minimum absolute atomic E-state index is 0.0810. The van der Waals surface area contributed by atoms with Gasteiger partial charge in [0.15, 0.2) is 11.5 Å². The van der Waals surface area contributed by atoms with Crippen molar-refractivity contribution in [3.8, 4) is 17.2 Å². The zero-order valence-corrected chi connectivity index (χ0v) is 10.9. The number of halogens is 2. The minimum Gasteiger partial charge on any atom is -0.505 e. The van der Waals surface area contributed by atoms with Crippen molar-refractivity contribution in [2.75, 3.05) is 0 Å².